The third-order valence-corrected chi connectivity index (χ3v) is 1.97. The Balaban J connectivity index is 3.57. The zero-order valence-corrected chi connectivity index (χ0v) is 10.3. The molecular formula is C11H20N2O4. The van der Waals surface area contributed by atoms with Crippen LogP contribution in [0.4, 0.5) is 4.79 Å². The Morgan fingerprint density at radius 1 is 1.12 bits per heavy atom. The van der Waals surface area contributed by atoms with Crippen LogP contribution in [0.3, 0.4) is 0 Å². The number of carboxylic acids is 1. The predicted molar refractivity (Wildman–Crippen MR) is 62.5 cm³/mol. The number of aliphatic carboxylic acids is 1. The van der Waals surface area contributed by atoms with Gasteiger partial charge in [-0.15, -0.1) is 0 Å². The van der Waals surface area contributed by atoms with E-state index in [0.717, 1.165) is 0 Å². The van der Waals surface area contributed by atoms with Crippen LogP contribution in [0, 0.1) is 5.92 Å². The Bertz CT molecular complexity index is 277. The van der Waals surface area contributed by atoms with Gasteiger partial charge in [-0.2, -0.15) is 0 Å². The minimum absolute atomic E-state index is 0.0484. The molecule has 0 heterocycles. The topological polar surface area (TPSA) is 95.5 Å². The minimum Gasteiger partial charge on any atom is -0.481 e. The quantitative estimate of drug-likeness (QED) is 0.585. The van der Waals surface area contributed by atoms with E-state index in [-0.39, 0.29) is 18.7 Å². The summed E-state index contributed by atoms with van der Waals surface area (Å²) in [4.78, 5) is 32.6. The van der Waals surface area contributed by atoms with E-state index in [4.69, 9.17) is 5.11 Å². The Labute approximate surface area is 101 Å². The highest BCUT2D eigenvalue weighted by Gasteiger charge is 2.07. The highest BCUT2D eigenvalue weighted by atomic mass is 16.4. The lowest BCUT2D eigenvalue weighted by Gasteiger charge is -2.08. The molecule has 0 radical (unpaired) electrons. The van der Waals surface area contributed by atoms with Crippen LogP contribution in [0.15, 0.2) is 0 Å². The summed E-state index contributed by atoms with van der Waals surface area (Å²) in [5.41, 5.74) is 0. The maximum atomic E-state index is 11.2. The number of urea groups is 1. The van der Waals surface area contributed by atoms with Gasteiger partial charge < -0.3 is 10.4 Å². The number of unbranched alkanes of at least 4 members (excludes halogenated alkanes) is 1. The number of imide groups is 1. The standard InChI is InChI=1S/C11H20N2O4/c1-8(2)7-12-11(17)13-9(14)5-3-4-6-10(15)16/h8H,3-7H2,1-2H3,(H,15,16)(H2,12,13,14,17). The third kappa shape index (κ3) is 10.7. The normalized spacial score (nSPS) is 10.1. The van der Waals surface area contributed by atoms with Crippen LogP contribution in [-0.2, 0) is 9.59 Å². The fourth-order valence-electron chi connectivity index (χ4n) is 1.09. The summed E-state index contributed by atoms with van der Waals surface area (Å²) in [5, 5.41) is 13.1. The molecule has 0 aromatic rings. The molecule has 0 saturated carbocycles. The minimum atomic E-state index is -0.875. The van der Waals surface area contributed by atoms with Crippen molar-refractivity contribution in [2.75, 3.05) is 6.54 Å². The molecule has 0 spiro atoms. The Hall–Kier alpha value is -1.59. The molecule has 0 fully saturated rings. The van der Waals surface area contributed by atoms with Gasteiger partial charge in [0.1, 0.15) is 0 Å². The van der Waals surface area contributed by atoms with Gasteiger partial charge in [0.25, 0.3) is 0 Å². The number of rotatable bonds is 7. The van der Waals surface area contributed by atoms with Gasteiger partial charge in [-0.05, 0) is 18.8 Å². The molecule has 6 nitrogen and oxygen atoms in total. The fraction of sp³-hybridized carbons (Fsp3) is 0.727. The summed E-state index contributed by atoms with van der Waals surface area (Å²) in [6.07, 6.45) is 1.13. The van der Waals surface area contributed by atoms with Crippen molar-refractivity contribution in [3.05, 3.63) is 0 Å². The highest BCUT2D eigenvalue weighted by Crippen LogP contribution is 1.99. The number of hydrogen-bond acceptors (Lipinski definition) is 3. The largest absolute Gasteiger partial charge is 0.481 e. The lowest BCUT2D eigenvalue weighted by Crippen LogP contribution is -2.40. The highest BCUT2D eigenvalue weighted by molar-refractivity contribution is 5.94. The molecule has 0 saturated heterocycles. The van der Waals surface area contributed by atoms with Gasteiger partial charge in [-0.25, -0.2) is 4.79 Å². The molecule has 0 rings (SSSR count). The Kier molecular flexibility index (Phi) is 7.75. The molecular weight excluding hydrogens is 224 g/mol. The number of amides is 3. The molecule has 0 aliphatic rings. The van der Waals surface area contributed by atoms with Gasteiger partial charge in [0.05, 0.1) is 0 Å². The van der Waals surface area contributed by atoms with Crippen molar-refractivity contribution in [2.24, 2.45) is 5.92 Å². The number of carboxylic acid groups (broad SMARTS) is 1. The summed E-state index contributed by atoms with van der Waals surface area (Å²) < 4.78 is 0. The zero-order valence-electron chi connectivity index (χ0n) is 10.3. The molecule has 98 valence electrons. The monoisotopic (exact) mass is 244 g/mol. The molecule has 0 unspecified atom stereocenters. The van der Waals surface area contributed by atoms with E-state index < -0.39 is 12.0 Å². The van der Waals surface area contributed by atoms with Crippen molar-refractivity contribution in [1.82, 2.24) is 10.6 Å². The maximum absolute atomic E-state index is 11.2. The number of nitrogens with one attached hydrogen (secondary N) is 2. The second-order valence-corrected chi connectivity index (χ2v) is 4.25. The van der Waals surface area contributed by atoms with Crippen LogP contribution < -0.4 is 10.6 Å². The maximum Gasteiger partial charge on any atom is 0.321 e. The summed E-state index contributed by atoms with van der Waals surface area (Å²) in [5.74, 6) is -0.928. The van der Waals surface area contributed by atoms with Gasteiger partial charge in [-0.1, -0.05) is 13.8 Å². The van der Waals surface area contributed by atoms with Crippen molar-refractivity contribution < 1.29 is 19.5 Å². The van der Waals surface area contributed by atoms with Crippen molar-refractivity contribution >= 4 is 17.9 Å². The molecule has 17 heavy (non-hydrogen) atoms. The molecule has 0 aliphatic heterocycles. The molecule has 3 N–H and O–H groups in total. The molecule has 0 atom stereocenters. The zero-order chi connectivity index (χ0) is 13.3. The third-order valence-electron chi connectivity index (χ3n) is 1.97. The molecule has 0 aliphatic carbocycles. The molecule has 0 aromatic heterocycles. The molecule has 0 aromatic carbocycles. The summed E-state index contributed by atoms with van der Waals surface area (Å²) in [6, 6.07) is -0.498. The van der Waals surface area contributed by atoms with Crippen LogP contribution >= 0.6 is 0 Å². The van der Waals surface area contributed by atoms with Crippen LogP contribution in [0.2, 0.25) is 0 Å². The van der Waals surface area contributed by atoms with Crippen LogP contribution in [0.5, 0.6) is 0 Å². The van der Waals surface area contributed by atoms with E-state index in [1.54, 1.807) is 0 Å². The second kappa shape index (κ2) is 8.55. The Morgan fingerprint density at radius 2 is 1.71 bits per heavy atom. The first-order chi connectivity index (χ1) is 7.91. The average molecular weight is 244 g/mol. The van der Waals surface area contributed by atoms with E-state index >= 15 is 0 Å². The first kappa shape index (κ1) is 15.4. The van der Waals surface area contributed by atoms with Crippen LogP contribution in [-0.4, -0.2) is 29.6 Å². The van der Waals surface area contributed by atoms with Gasteiger partial charge in [0.2, 0.25) is 5.91 Å². The lowest BCUT2D eigenvalue weighted by molar-refractivity contribution is -0.137. The fourth-order valence-corrected chi connectivity index (χ4v) is 1.09. The van der Waals surface area contributed by atoms with E-state index in [2.05, 4.69) is 10.6 Å². The van der Waals surface area contributed by atoms with E-state index in [0.29, 0.717) is 25.3 Å². The smallest absolute Gasteiger partial charge is 0.321 e. The van der Waals surface area contributed by atoms with Crippen molar-refractivity contribution in [3.63, 3.8) is 0 Å². The number of hydrogen-bond donors (Lipinski definition) is 3. The van der Waals surface area contributed by atoms with Gasteiger partial charge in [0.15, 0.2) is 0 Å². The predicted octanol–water partition coefficient (Wildman–Crippen LogP) is 1.11. The SMILES string of the molecule is CC(C)CNC(=O)NC(=O)CCCCC(=O)O. The lowest BCUT2D eigenvalue weighted by atomic mass is 10.2. The van der Waals surface area contributed by atoms with E-state index in [1.165, 1.54) is 0 Å². The molecule has 0 bridgehead atoms. The first-order valence-electron chi connectivity index (χ1n) is 5.71. The second-order valence-electron chi connectivity index (χ2n) is 4.25. The van der Waals surface area contributed by atoms with Crippen LogP contribution in [0.25, 0.3) is 0 Å². The average Bonchev–Trinajstić information content (AvgIpc) is 2.21. The van der Waals surface area contributed by atoms with Crippen molar-refractivity contribution in [1.29, 1.82) is 0 Å². The van der Waals surface area contributed by atoms with E-state index in [1.807, 2.05) is 13.8 Å². The Morgan fingerprint density at radius 3 is 2.24 bits per heavy atom. The van der Waals surface area contributed by atoms with Gasteiger partial charge >= 0.3 is 12.0 Å². The number of carbonyl (C=O) groups is 3. The van der Waals surface area contributed by atoms with Gasteiger partial charge in [-0.3, -0.25) is 14.9 Å². The summed E-state index contributed by atoms with van der Waals surface area (Å²) in [6.45, 7) is 4.42. The van der Waals surface area contributed by atoms with Crippen molar-refractivity contribution in [3.8, 4) is 0 Å². The van der Waals surface area contributed by atoms with E-state index in [9.17, 15) is 14.4 Å². The molecule has 3 amide bonds. The van der Waals surface area contributed by atoms with Gasteiger partial charge in [0, 0.05) is 19.4 Å². The summed E-state index contributed by atoms with van der Waals surface area (Å²) in [7, 11) is 0. The van der Waals surface area contributed by atoms with Crippen LogP contribution in [0.1, 0.15) is 39.5 Å². The summed E-state index contributed by atoms with van der Waals surface area (Å²) >= 11 is 0. The number of carbonyl (C=O) groups excluding carboxylic acids is 2. The first-order valence-corrected chi connectivity index (χ1v) is 5.71. The molecule has 6 heteroatoms. The van der Waals surface area contributed by atoms with Crippen molar-refractivity contribution in [2.45, 2.75) is 39.5 Å².